The molecule has 0 radical (unpaired) electrons. The molecule has 0 aromatic heterocycles. The molecular weight excluding hydrogens is 264 g/mol. The molecule has 1 N–H and O–H groups in total. The summed E-state index contributed by atoms with van der Waals surface area (Å²) in [7, 11) is 2.02. The highest BCUT2D eigenvalue weighted by Crippen LogP contribution is 2.33. The van der Waals surface area contributed by atoms with E-state index in [2.05, 4.69) is 4.90 Å². The minimum absolute atomic E-state index is 0.0296. The molecule has 0 unspecified atom stereocenters. The van der Waals surface area contributed by atoms with Gasteiger partial charge in [-0.05, 0) is 31.2 Å². The lowest BCUT2D eigenvalue weighted by Crippen LogP contribution is -2.42. The Kier molecular flexibility index (Phi) is 3.29. The average Bonchev–Trinajstić information content (AvgIpc) is 2.50. The number of amides is 1. The standard InChI is InChI=1S/C17H18N2O2/c1-12-7-8-16(20)13(11-12)17(21)19-10-9-18(2)14-5-3-4-6-15(14)19/h3-8,11,20H,9-10H2,1-2H3. The van der Waals surface area contributed by atoms with Crippen molar-refractivity contribution in [2.45, 2.75) is 6.92 Å². The van der Waals surface area contributed by atoms with Crippen LogP contribution in [-0.2, 0) is 0 Å². The van der Waals surface area contributed by atoms with Gasteiger partial charge in [-0.3, -0.25) is 4.79 Å². The maximum atomic E-state index is 12.8. The molecule has 21 heavy (non-hydrogen) atoms. The predicted octanol–water partition coefficient (Wildman–Crippen LogP) is 2.80. The Morgan fingerprint density at radius 1 is 1.10 bits per heavy atom. The lowest BCUT2D eigenvalue weighted by molar-refractivity contribution is 0.0984. The van der Waals surface area contributed by atoms with E-state index in [4.69, 9.17) is 0 Å². The highest BCUT2D eigenvalue weighted by atomic mass is 16.3. The maximum Gasteiger partial charge on any atom is 0.262 e. The first-order chi connectivity index (χ1) is 10.1. The van der Waals surface area contributed by atoms with Gasteiger partial charge in [-0.25, -0.2) is 0 Å². The van der Waals surface area contributed by atoms with Crippen LogP contribution in [0.5, 0.6) is 5.75 Å². The largest absolute Gasteiger partial charge is 0.507 e. The van der Waals surface area contributed by atoms with E-state index in [1.807, 2.05) is 38.2 Å². The van der Waals surface area contributed by atoms with Crippen molar-refractivity contribution in [3.8, 4) is 5.75 Å². The van der Waals surface area contributed by atoms with Gasteiger partial charge in [0.25, 0.3) is 5.91 Å². The van der Waals surface area contributed by atoms with Gasteiger partial charge in [0.05, 0.1) is 16.9 Å². The molecule has 0 saturated heterocycles. The van der Waals surface area contributed by atoms with E-state index in [9.17, 15) is 9.90 Å². The van der Waals surface area contributed by atoms with E-state index < -0.39 is 0 Å². The Bertz CT molecular complexity index is 697. The normalized spacial score (nSPS) is 14.0. The number of para-hydroxylation sites is 2. The van der Waals surface area contributed by atoms with E-state index in [1.165, 1.54) is 0 Å². The highest BCUT2D eigenvalue weighted by Gasteiger charge is 2.27. The minimum Gasteiger partial charge on any atom is -0.507 e. The number of hydrogen-bond donors (Lipinski definition) is 1. The molecule has 4 heteroatoms. The highest BCUT2D eigenvalue weighted by molar-refractivity contribution is 6.10. The van der Waals surface area contributed by atoms with Crippen molar-refractivity contribution in [3.05, 3.63) is 53.6 Å². The lowest BCUT2D eigenvalue weighted by Gasteiger charge is -2.35. The zero-order valence-corrected chi connectivity index (χ0v) is 12.2. The monoisotopic (exact) mass is 282 g/mol. The molecule has 4 nitrogen and oxygen atoms in total. The van der Waals surface area contributed by atoms with Gasteiger partial charge in [-0.1, -0.05) is 23.8 Å². The fourth-order valence-corrected chi connectivity index (χ4v) is 2.68. The van der Waals surface area contributed by atoms with Crippen LogP contribution in [0.4, 0.5) is 11.4 Å². The van der Waals surface area contributed by atoms with Crippen LogP contribution in [0.25, 0.3) is 0 Å². The number of phenolic OH excluding ortho intramolecular Hbond substituents is 1. The number of aromatic hydroxyl groups is 1. The summed E-state index contributed by atoms with van der Waals surface area (Å²) in [5, 5.41) is 9.98. The summed E-state index contributed by atoms with van der Waals surface area (Å²) in [4.78, 5) is 16.7. The molecule has 0 aliphatic carbocycles. The van der Waals surface area contributed by atoms with E-state index in [-0.39, 0.29) is 11.7 Å². The zero-order valence-electron chi connectivity index (χ0n) is 12.2. The number of carbonyl (C=O) groups is 1. The topological polar surface area (TPSA) is 43.8 Å². The van der Waals surface area contributed by atoms with Crippen LogP contribution >= 0.6 is 0 Å². The van der Waals surface area contributed by atoms with Crippen LogP contribution in [0.2, 0.25) is 0 Å². The smallest absolute Gasteiger partial charge is 0.262 e. The third-order valence-electron chi connectivity index (χ3n) is 3.87. The SMILES string of the molecule is Cc1ccc(O)c(C(=O)N2CCN(C)c3ccccc32)c1. The van der Waals surface area contributed by atoms with Gasteiger partial charge in [0.2, 0.25) is 0 Å². The van der Waals surface area contributed by atoms with Crippen molar-refractivity contribution >= 4 is 17.3 Å². The first kappa shape index (κ1) is 13.5. The van der Waals surface area contributed by atoms with E-state index in [0.717, 1.165) is 23.5 Å². The van der Waals surface area contributed by atoms with Gasteiger partial charge in [-0.15, -0.1) is 0 Å². The molecule has 0 fully saturated rings. The van der Waals surface area contributed by atoms with Gasteiger partial charge in [0.1, 0.15) is 5.75 Å². The van der Waals surface area contributed by atoms with Crippen LogP contribution < -0.4 is 9.80 Å². The summed E-state index contributed by atoms with van der Waals surface area (Å²) >= 11 is 0. The van der Waals surface area contributed by atoms with Gasteiger partial charge in [0.15, 0.2) is 0 Å². The second-order valence-corrected chi connectivity index (χ2v) is 5.39. The van der Waals surface area contributed by atoms with Crippen LogP contribution in [-0.4, -0.2) is 31.2 Å². The maximum absolute atomic E-state index is 12.8. The zero-order chi connectivity index (χ0) is 15.0. The van der Waals surface area contributed by atoms with Crippen molar-refractivity contribution in [1.82, 2.24) is 0 Å². The van der Waals surface area contributed by atoms with Crippen LogP contribution in [0.15, 0.2) is 42.5 Å². The molecule has 0 bridgehead atoms. The second-order valence-electron chi connectivity index (χ2n) is 5.39. The van der Waals surface area contributed by atoms with Crippen LogP contribution in [0.1, 0.15) is 15.9 Å². The number of benzene rings is 2. The number of nitrogens with zero attached hydrogens (tertiary/aromatic N) is 2. The number of phenols is 1. The first-order valence-electron chi connectivity index (χ1n) is 6.99. The molecular formula is C17H18N2O2. The Morgan fingerprint density at radius 3 is 2.57 bits per heavy atom. The van der Waals surface area contributed by atoms with E-state index >= 15 is 0 Å². The fourth-order valence-electron chi connectivity index (χ4n) is 2.68. The van der Waals surface area contributed by atoms with Crippen molar-refractivity contribution in [1.29, 1.82) is 0 Å². The molecule has 108 valence electrons. The predicted molar refractivity (Wildman–Crippen MR) is 84.2 cm³/mol. The van der Waals surface area contributed by atoms with Gasteiger partial charge in [-0.2, -0.15) is 0 Å². The van der Waals surface area contributed by atoms with Crippen LogP contribution in [0.3, 0.4) is 0 Å². The Hall–Kier alpha value is -2.49. The summed E-state index contributed by atoms with van der Waals surface area (Å²) in [6, 6.07) is 12.9. The summed E-state index contributed by atoms with van der Waals surface area (Å²) in [6.45, 7) is 3.29. The number of anilines is 2. The molecule has 0 atom stereocenters. The van der Waals surface area contributed by atoms with E-state index in [1.54, 1.807) is 23.1 Å². The minimum atomic E-state index is -0.156. The quantitative estimate of drug-likeness (QED) is 0.874. The molecule has 3 rings (SSSR count). The number of aryl methyl sites for hydroxylation is 1. The van der Waals surface area contributed by atoms with Gasteiger partial charge < -0.3 is 14.9 Å². The Balaban J connectivity index is 2.03. The molecule has 1 heterocycles. The summed E-state index contributed by atoms with van der Waals surface area (Å²) in [6.07, 6.45) is 0. The van der Waals surface area contributed by atoms with Gasteiger partial charge in [0, 0.05) is 20.1 Å². The Labute approximate surface area is 124 Å². The van der Waals surface area contributed by atoms with Crippen LogP contribution in [0, 0.1) is 6.92 Å². The molecule has 1 aliphatic heterocycles. The molecule has 0 spiro atoms. The van der Waals surface area contributed by atoms with Crippen molar-refractivity contribution in [2.24, 2.45) is 0 Å². The number of carbonyl (C=O) groups excluding carboxylic acids is 1. The molecule has 2 aromatic carbocycles. The van der Waals surface area contributed by atoms with Crippen molar-refractivity contribution in [3.63, 3.8) is 0 Å². The summed E-state index contributed by atoms with van der Waals surface area (Å²) in [5.74, 6) is -0.126. The number of fused-ring (bicyclic) bond motifs is 1. The number of rotatable bonds is 1. The third-order valence-corrected chi connectivity index (χ3v) is 3.87. The molecule has 0 saturated carbocycles. The summed E-state index contributed by atoms with van der Waals surface area (Å²) in [5.41, 5.74) is 3.23. The average molecular weight is 282 g/mol. The van der Waals surface area contributed by atoms with Gasteiger partial charge >= 0.3 is 0 Å². The van der Waals surface area contributed by atoms with Crippen molar-refractivity contribution in [2.75, 3.05) is 29.9 Å². The molecule has 2 aromatic rings. The van der Waals surface area contributed by atoms with Crippen molar-refractivity contribution < 1.29 is 9.90 Å². The molecule has 1 aliphatic rings. The molecule has 1 amide bonds. The number of hydrogen-bond acceptors (Lipinski definition) is 3. The number of likely N-dealkylation sites (N-methyl/N-ethyl adjacent to an activating group) is 1. The first-order valence-corrected chi connectivity index (χ1v) is 6.99. The second kappa shape index (κ2) is 5.13. The summed E-state index contributed by atoms with van der Waals surface area (Å²) < 4.78 is 0. The lowest BCUT2D eigenvalue weighted by atomic mass is 10.1. The Morgan fingerprint density at radius 2 is 1.81 bits per heavy atom. The third kappa shape index (κ3) is 2.33. The fraction of sp³-hybridized carbons (Fsp3) is 0.235. The van der Waals surface area contributed by atoms with E-state index in [0.29, 0.717) is 12.1 Å².